The van der Waals surface area contributed by atoms with Crippen LogP contribution in [0.4, 0.5) is 0 Å². The summed E-state index contributed by atoms with van der Waals surface area (Å²) in [6.45, 7) is 12.3. The largest absolute Gasteiger partial charge is 0.298 e. The molecule has 2 aliphatic rings. The third-order valence-corrected chi connectivity index (χ3v) is 6.65. The van der Waals surface area contributed by atoms with Gasteiger partial charge in [-0.25, -0.2) is 0 Å². The van der Waals surface area contributed by atoms with E-state index in [-0.39, 0.29) is 5.41 Å². The van der Waals surface area contributed by atoms with E-state index >= 15 is 0 Å². The minimum absolute atomic E-state index is 0.276. The summed E-state index contributed by atoms with van der Waals surface area (Å²) >= 11 is 1.91. The zero-order chi connectivity index (χ0) is 14.9. The third kappa shape index (κ3) is 3.35. The van der Waals surface area contributed by atoms with E-state index in [0.717, 1.165) is 12.1 Å². The molecule has 0 radical (unpaired) electrons. The molecule has 0 aromatic carbocycles. The number of rotatable bonds is 4. The molecular formula is C18H30N2S. The van der Waals surface area contributed by atoms with Crippen molar-refractivity contribution >= 4 is 11.3 Å². The molecule has 3 heterocycles. The number of hydrogen-bond acceptors (Lipinski definition) is 3. The van der Waals surface area contributed by atoms with Crippen LogP contribution in [0.25, 0.3) is 0 Å². The molecule has 2 saturated heterocycles. The van der Waals surface area contributed by atoms with Gasteiger partial charge in [0.15, 0.2) is 0 Å². The van der Waals surface area contributed by atoms with Crippen molar-refractivity contribution in [2.75, 3.05) is 26.2 Å². The molecule has 0 saturated carbocycles. The van der Waals surface area contributed by atoms with E-state index in [2.05, 4.69) is 48.1 Å². The molecule has 21 heavy (non-hydrogen) atoms. The molecule has 2 fully saturated rings. The van der Waals surface area contributed by atoms with Crippen LogP contribution in [-0.4, -0.2) is 48.1 Å². The second kappa shape index (κ2) is 6.39. The van der Waals surface area contributed by atoms with Crippen molar-refractivity contribution in [3.05, 3.63) is 22.4 Å². The Morgan fingerprint density at radius 1 is 1.29 bits per heavy atom. The fourth-order valence-corrected chi connectivity index (χ4v) is 4.99. The van der Waals surface area contributed by atoms with Crippen molar-refractivity contribution in [3.8, 4) is 0 Å². The van der Waals surface area contributed by atoms with Gasteiger partial charge >= 0.3 is 0 Å². The van der Waals surface area contributed by atoms with Crippen LogP contribution < -0.4 is 0 Å². The second-order valence-electron chi connectivity index (χ2n) is 7.50. The first kappa shape index (κ1) is 15.5. The van der Waals surface area contributed by atoms with Crippen LogP contribution in [0.2, 0.25) is 0 Å². The molecule has 0 aliphatic carbocycles. The Hall–Kier alpha value is -0.380. The van der Waals surface area contributed by atoms with E-state index in [1.54, 1.807) is 0 Å². The maximum Gasteiger partial charge on any atom is 0.0223 e. The molecule has 2 unspecified atom stereocenters. The Morgan fingerprint density at radius 3 is 2.86 bits per heavy atom. The monoisotopic (exact) mass is 306 g/mol. The Bertz CT molecular complexity index is 440. The zero-order valence-corrected chi connectivity index (χ0v) is 14.7. The smallest absolute Gasteiger partial charge is 0.0223 e. The van der Waals surface area contributed by atoms with E-state index in [1.165, 1.54) is 56.7 Å². The maximum absolute atomic E-state index is 2.80. The van der Waals surface area contributed by atoms with Gasteiger partial charge in [-0.1, -0.05) is 33.3 Å². The lowest BCUT2D eigenvalue weighted by Crippen LogP contribution is -2.61. The summed E-state index contributed by atoms with van der Waals surface area (Å²) in [4.78, 5) is 7.10. The standard InChI is InChI=1S/C18H30N2S/c1-4-15-12-19-10-6-5-8-16(19)13-20(15)14-18(2,3)17-9-7-11-21-17/h7,9,11,15-16H,4-6,8,10,12-14H2,1-3H3. The average Bonchev–Trinajstić information content (AvgIpc) is 3.01. The molecular weight excluding hydrogens is 276 g/mol. The van der Waals surface area contributed by atoms with Gasteiger partial charge in [-0.2, -0.15) is 0 Å². The first-order chi connectivity index (χ1) is 10.1. The summed E-state index contributed by atoms with van der Waals surface area (Å²) in [5.41, 5.74) is 0.276. The minimum Gasteiger partial charge on any atom is -0.298 e. The molecule has 0 spiro atoms. The van der Waals surface area contributed by atoms with Gasteiger partial charge in [0.2, 0.25) is 0 Å². The highest BCUT2D eigenvalue weighted by atomic mass is 32.1. The summed E-state index contributed by atoms with van der Waals surface area (Å²) < 4.78 is 0. The van der Waals surface area contributed by atoms with Gasteiger partial charge in [-0.05, 0) is 37.3 Å². The topological polar surface area (TPSA) is 6.48 Å². The lowest BCUT2D eigenvalue weighted by Gasteiger charge is -2.50. The van der Waals surface area contributed by atoms with Crippen molar-refractivity contribution in [1.29, 1.82) is 0 Å². The van der Waals surface area contributed by atoms with Crippen molar-refractivity contribution in [2.45, 2.75) is 64.0 Å². The number of hydrogen-bond donors (Lipinski definition) is 0. The molecule has 3 rings (SSSR count). The molecule has 0 N–H and O–H groups in total. The molecule has 3 heteroatoms. The Balaban J connectivity index is 1.71. The number of fused-ring (bicyclic) bond motifs is 1. The highest BCUT2D eigenvalue weighted by Gasteiger charge is 2.36. The predicted molar refractivity (Wildman–Crippen MR) is 92.2 cm³/mol. The van der Waals surface area contributed by atoms with Crippen LogP contribution in [0.1, 0.15) is 51.3 Å². The lowest BCUT2D eigenvalue weighted by molar-refractivity contribution is -0.000850. The van der Waals surface area contributed by atoms with Crippen LogP contribution in [0.5, 0.6) is 0 Å². The van der Waals surface area contributed by atoms with Gasteiger partial charge in [0, 0.05) is 42.0 Å². The van der Waals surface area contributed by atoms with Crippen molar-refractivity contribution in [1.82, 2.24) is 9.80 Å². The summed E-state index contributed by atoms with van der Waals surface area (Å²) in [6, 6.07) is 6.07. The third-order valence-electron chi connectivity index (χ3n) is 5.41. The van der Waals surface area contributed by atoms with Gasteiger partial charge in [-0.15, -0.1) is 11.3 Å². The molecule has 1 aromatic heterocycles. The molecule has 2 atom stereocenters. The molecule has 0 amide bonds. The SMILES string of the molecule is CCC1CN2CCCCC2CN1CC(C)(C)c1cccs1. The van der Waals surface area contributed by atoms with E-state index in [4.69, 9.17) is 0 Å². The maximum atomic E-state index is 2.80. The lowest BCUT2D eigenvalue weighted by atomic mass is 9.88. The Labute approximate surface area is 134 Å². The summed E-state index contributed by atoms with van der Waals surface area (Å²) in [7, 11) is 0. The fraction of sp³-hybridized carbons (Fsp3) is 0.778. The molecule has 118 valence electrons. The van der Waals surface area contributed by atoms with Gasteiger partial charge in [0.05, 0.1) is 0 Å². The number of piperidine rings is 1. The van der Waals surface area contributed by atoms with Crippen LogP contribution in [0.15, 0.2) is 17.5 Å². The van der Waals surface area contributed by atoms with Crippen LogP contribution in [0, 0.1) is 0 Å². The highest BCUT2D eigenvalue weighted by molar-refractivity contribution is 7.10. The van der Waals surface area contributed by atoms with Gasteiger partial charge < -0.3 is 0 Å². The van der Waals surface area contributed by atoms with Gasteiger partial charge in [0.1, 0.15) is 0 Å². The zero-order valence-electron chi connectivity index (χ0n) is 13.8. The average molecular weight is 307 g/mol. The van der Waals surface area contributed by atoms with Crippen LogP contribution >= 0.6 is 11.3 Å². The van der Waals surface area contributed by atoms with Gasteiger partial charge in [-0.3, -0.25) is 9.80 Å². The van der Waals surface area contributed by atoms with E-state index in [9.17, 15) is 0 Å². The Morgan fingerprint density at radius 2 is 2.14 bits per heavy atom. The van der Waals surface area contributed by atoms with Crippen molar-refractivity contribution in [3.63, 3.8) is 0 Å². The molecule has 1 aromatic rings. The number of thiophene rings is 1. The second-order valence-corrected chi connectivity index (χ2v) is 8.44. The van der Waals surface area contributed by atoms with Crippen molar-refractivity contribution < 1.29 is 0 Å². The van der Waals surface area contributed by atoms with Crippen LogP contribution in [0.3, 0.4) is 0 Å². The van der Waals surface area contributed by atoms with Gasteiger partial charge in [0.25, 0.3) is 0 Å². The minimum atomic E-state index is 0.276. The van der Waals surface area contributed by atoms with E-state index < -0.39 is 0 Å². The summed E-state index contributed by atoms with van der Waals surface area (Å²) in [6.07, 6.45) is 5.53. The molecule has 2 nitrogen and oxygen atoms in total. The fourth-order valence-electron chi connectivity index (χ4n) is 4.14. The Kier molecular flexibility index (Phi) is 4.72. The number of nitrogens with zero attached hydrogens (tertiary/aromatic N) is 2. The first-order valence-corrected chi connectivity index (χ1v) is 9.50. The molecule has 0 bridgehead atoms. The van der Waals surface area contributed by atoms with E-state index in [0.29, 0.717) is 0 Å². The van der Waals surface area contributed by atoms with Crippen molar-refractivity contribution in [2.24, 2.45) is 0 Å². The van der Waals surface area contributed by atoms with E-state index in [1.807, 2.05) is 11.3 Å². The quantitative estimate of drug-likeness (QED) is 0.830. The predicted octanol–water partition coefficient (Wildman–Crippen LogP) is 3.97. The number of piperazine rings is 1. The molecule has 2 aliphatic heterocycles. The highest BCUT2D eigenvalue weighted by Crippen LogP contribution is 2.32. The van der Waals surface area contributed by atoms with Crippen LogP contribution in [-0.2, 0) is 5.41 Å². The summed E-state index contributed by atoms with van der Waals surface area (Å²) in [5.74, 6) is 0. The normalized spacial score (nSPS) is 28.5. The summed E-state index contributed by atoms with van der Waals surface area (Å²) in [5, 5.41) is 2.22. The first-order valence-electron chi connectivity index (χ1n) is 8.62.